The summed E-state index contributed by atoms with van der Waals surface area (Å²) in [5.41, 5.74) is 0.262. The number of aromatic hydroxyl groups is 1. The van der Waals surface area contributed by atoms with Crippen LogP contribution in [0.15, 0.2) is 57.9 Å². The molecule has 0 amide bonds. The molecule has 2 N–H and O–H groups in total. The van der Waals surface area contributed by atoms with Crippen molar-refractivity contribution in [3.8, 4) is 17.4 Å². The van der Waals surface area contributed by atoms with Gasteiger partial charge in [0.05, 0.1) is 23.0 Å². The van der Waals surface area contributed by atoms with Crippen molar-refractivity contribution in [3.05, 3.63) is 65.6 Å². The number of oxazole rings is 1. The number of hydrogen-bond donors (Lipinski definition) is 2. The lowest BCUT2D eigenvalue weighted by Crippen LogP contribution is -1.96. The number of carbonyl (C=O) groups is 1. The van der Waals surface area contributed by atoms with E-state index >= 15 is 0 Å². The fourth-order valence-electron chi connectivity index (χ4n) is 2.06. The van der Waals surface area contributed by atoms with Gasteiger partial charge in [0.25, 0.3) is 0 Å². The van der Waals surface area contributed by atoms with Gasteiger partial charge in [-0.2, -0.15) is 0 Å². The normalized spacial score (nSPS) is 11.0. The highest BCUT2D eigenvalue weighted by Crippen LogP contribution is 2.28. The number of aromatic carboxylic acids is 1. The highest BCUT2D eigenvalue weighted by molar-refractivity contribution is 5.95. The molecule has 2 aromatic carbocycles. The van der Waals surface area contributed by atoms with E-state index in [0.717, 1.165) is 6.21 Å². The van der Waals surface area contributed by atoms with E-state index in [0.29, 0.717) is 0 Å². The van der Waals surface area contributed by atoms with Crippen molar-refractivity contribution in [1.29, 1.82) is 0 Å². The van der Waals surface area contributed by atoms with E-state index in [1.54, 1.807) is 18.2 Å². The number of aromatic nitrogens is 1. The fraction of sp³-hybridized carbons (Fsp3) is 0. The second-order valence-electron chi connectivity index (χ2n) is 4.77. The molecule has 0 aliphatic rings. The molecule has 1 heterocycles. The topological polar surface area (TPSA) is 95.9 Å². The summed E-state index contributed by atoms with van der Waals surface area (Å²) < 4.78 is 18.8. The van der Waals surface area contributed by atoms with Crippen molar-refractivity contribution in [1.82, 2.24) is 4.98 Å². The Kier molecular flexibility index (Phi) is 4.07. The van der Waals surface area contributed by atoms with Crippen LogP contribution >= 0.6 is 0 Å². The molecular formula is C17H11FN2O4. The average molecular weight is 326 g/mol. The standard InChI is InChI=1S/C17H11FN2O4/c18-12-7-3-1-5-10(12)15-20-14(17(23)24-15)9-19-13-8-4-2-6-11(13)16(21)22/h1-9,23H,(H,21,22). The molecule has 0 atom stereocenters. The second-order valence-corrected chi connectivity index (χ2v) is 4.77. The van der Waals surface area contributed by atoms with Crippen LogP contribution in [0.1, 0.15) is 16.1 Å². The molecule has 0 bridgehead atoms. The van der Waals surface area contributed by atoms with Crippen LogP contribution in [0.3, 0.4) is 0 Å². The minimum Gasteiger partial charge on any atom is -0.479 e. The van der Waals surface area contributed by atoms with Crippen LogP contribution in [0.25, 0.3) is 11.5 Å². The van der Waals surface area contributed by atoms with Crippen molar-refractivity contribution in [2.75, 3.05) is 0 Å². The number of carboxylic acid groups (broad SMARTS) is 1. The van der Waals surface area contributed by atoms with Crippen LogP contribution in [0, 0.1) is 5.82 Å². The highest BCUT2D eigenvalue weighted by atomic mass is 19.1. The van der Waals surface area contributed by atoms with Gasteiger partial charge in [0.2, 0.25) is 5.89 Å². The molecule has 0 spiro atoms. The van der Waals surface area contributed by atoms with Crippen LogP contribution < -0.4 is 0 Å². The number of benzene rings is 2. The minimum absolute atomic E-state index is 0.00561. The van der Waals surface area contributed by atoms with Crippen LogP contribution in [0.4, 0.5) is 10.1 Å². The van der Waals surface area contributed by atoms with Crippen molar-refractivity contribution >= 4 is 17.9 Å². The SMILES string of the molecule is O=C(O)c1ccccc1N=Cc1nc(-c2ccccc2F)oc1O. The first-order valence-corrected chi connectivity index (χ1v) is 6.87. The molecule has 0 aliphatic heterocycles. The maximum Gasteiger partial charge on any atom is 0.337 e. The number of carboxylic acids is 1. The third kappa shape index (κ3) is 3.00. The van der Waals surface area contributed by atoms with Crippen LogP contribution in [0.2, 0.25) is 0 Å². The molecule has 0 saturated carbocycles. The Bertz CT molecular complexity index is 934. The molecule has 120 valence electrons. The predicted molar refractivity (Wildman–Crippen MR) is 84.2 cm³/mol. The quantitative estimate of drug-likeness (QED) is 0.714. The summed E-state index contributed by atoms with van der Waals surface area (Å²) in [7, 11) is 0. The van der Waals surface area contributed by atoms with E-state index in [-0.39, 0.29) is 28.4 Å². The van der Waals surface area contributed by atoms with Gasteiger partial charge in [-0.3, -0.25) is 4.99 Å². The molecule has 0 radical (unpaired) electrons. The fourth-order valence-corrected chi connectivity index (χ4v) is 2.06. The van der Waals surface area contributed by atoms with Gasteiger partial charge in [-0.25, -0.2) is 14.2 Å². The zero-order valence-corrected chi connectivity index (χ0v) is 12.2. The molecule has 0 unspecified atom stereocenters. The minimum atomic E-state index is -1.13. The van der Waals surface area contributed by atoms with E-state index in [1.807, 2.05) is 0 Å². The summed E-state index contributed by atoms with van der Waals surface area (Å²) in [4.78, 5) is 19.1. The third-order valence-corrected chi connectivity index (χ3v) is 3.20. The summed E-state index contributed by atoms with van der Waals surface area (Å²) >= 11 is 0. The Morgan fingerprint density at radius 1 is 1.17 bits per heavy atom. The number of hydrogen-bond acceptors (Lipinski definition) is 5. The lowest BCUT2D eigenvalue weighted by molar-refractivity contribution is 0.0698. The van der Waals surface area contributed by atoms with Crippen LogP contribution in [-0.4, -0.2) is 27.4 Å². The third-order valence-electron chi connectivity index (χ3n) is 3.20. The Morgan fingerprint density at radius 2 is 1.88 bits per heavy atom. The Morgan fingerprint density at radius 3 is 2.62 bits per heavy atom. The molecule has 24 heavy (non-hydrogen) atoms. The van der Waals surface area contributed by atoms with Crippen molar-refractivity contribution < 1.29 is 23.8 Å². The molecule has 0 aliphatic carbocycles. The zero-order valence-electron chi connectivity index (χ0n) is 12.2. The molecule has 6 nitrogen and oxygen atoms in total. The number of halogens is 1. The van der Waals surface area contributed by atoms with E-state index in [4.69, 9.17) is 9.52 Å². The first-order chi connectivity index (χ1) is 11.6. The van der Waals surface area contributed by atoms with Gasteiger partial charge in [-0.1, -0.05) is 24.3 Å². The lowest BCUT2D eigenvalue weighted by atomic mass is 10.2. The average Bonchev–Trinajstić information content (AvgIpc) is 2.94. The summed E-state index contributed by atoms with van der Waals surface area (Å²) in [6, 6.07) is 12.0. The predicted octanol–water partition coefficient (Wildman–Crippen LogP) is 3.64. The Balaban J connectivity index is 1.95. The van der Waals surface area contributed by atoms with Crippen LogP contribution in [-0.2, 0) is 0 Å². The molecule has 3 rings (SSSR count). The first-order valence-electron chi connectivity index (χ1n) is 6.87. The molecule has 0 fully saturated rings. The maximum absolute atomic E-state index is 13.7. The van der Waals surface area contributed by atoms with Crippen molar-refractivity contribution in [2.45, 2.75) is 0 Å². The van der Waals surface area contributed by atoms with Gasteiger partial charge in [0.15, 0.2) is 5.69 Å². The van der Waals surface area contributed by atoms with Gasteiger partial charge in [0, 0.05) is 0 Å². The van der Waals surface area contributed by atoms with Crippen LogP contribution in [0.5, 0.6) is 5.95 Å². The number of nitrogens with zero attached hydrogens (tertiary/aromatic N) is 2. The van der Waals surface area contributed by atoms with E-state index < -0.39 is 17.7 Å². The summed E-state index contributed by atoms with van der Waals surface area (Å²) in [6.45, 7) is 0. The smallest absolute Gasteiger partial charge is 0.337 e. The van der Waals surface area contributed by atoms with Gasteiger partial charge in [-0.15, -0.1) is 0 Å². The monoisotopic (exact) mass is 326 g/mol. The lowest BCUT2D eigenvalue weighted by Gasteiger charge is -1.98. The van der Waals surface area contributed by atoms with E-state index in [2.05, 4.69) is 9.98 Å². The van der Waals surface area contributed by atoms with Crippen molar-refractivity contribution in [3.63, 3.8) is 0 Å². The van der Waals surface area contributed by atoms with Crippen molar-refractivity contribution in [2.24, 2.45) is 4.99 Å². The second kappa shape index (κ2) is 6.33. The van der Waals surface area contributed by atoms with Gasteiger partial charge in [0.1, 0.15) is 5.82 Å². The molecule has 7 heteroatoms. The molecular weight excluding hydrogens is 315 g/mol. The highest BCUT2D eigenvalue weighted by Gasteiger charge is 2.15. The number of para-hydroxylation sites is 1. The van der Waals surface area contributed by atoms with Gasteiger partial charge >= 0.3 is 11.9 Å². The molecule has 3 aromatic rings. The largest absolute Gasteiger partial charge is 0.479 e. The van der Waals surface area contributed by atoms with E-state index in [9.17, 15) is 14.3 Å². The first kappa shape index (κ1) is 15.4. The number of rotatable bonds is 4. The summed E-state index contributed by atoms with van der Waals surface area (Å²) in [5, 5.41) is 18.9. The maximum atomic E-state index is 13.7. The molecule has 1 aromatic heterocycles. The Labute approximate surface area is 135 Å². The van der Waals surface area contributed by atoms with Gasteiger partial charge in [-0.05, 0) is 24.3 Å². The van der Waals surface area contributed by atoms with Gasteiger partial charge < -0.3 is 14.6 Å². The summed E-state index contributed by atoms with van der Waals surface area (Å²) in [6.07, 6.45) is 1.16. The summed E-state index contributed by atoms with van der Waals surface area (Å²) in [5.74, 6) is -2.30. The van der Waals surface area contributed by atoms with E-state index in [1.165, 1.54) is 30.3 Å². The Hall–Kier alpha value is -3.48. The zero-order chi connectivity index (χ0) is 17.1. The number of aliphatic imine (C=N–C) groups is 1. The molecule has 0 saturated heterocycles.